The Morgan fingerprint density at radius 2 is 1.93 bits per heavy atom. The molecule has 0 saturated carbocycles. The average Bonchev–Trinajstić information content (AvgIpc) is 2.17. The molecular weight excluding hydrogens is 262 g/mol. The normalized spacial score (nSPS) is 19.5. The van der Waals surface area contributed by atoms with Crippen LogP contribution < -0.4 is 0 Å². The number of hydrogen-bond acceptors (Lipinski definition) is 3. The number of ether oxygens (including phenoxy) is 1. The van der Waals surface area contributed by atoms with Gasteiger partial charge in [-0.25, -0.2) is 0 Å². The lowest BCUT2D eigenvalue weighted by atomic mass is 10.1. The van der Waals surface area contributed by atoms with Crippen molar-refractivity contribution >= 4 is 27.7 Å². The largest absolute Gasteiger partial charge is 0.362 e. The minimum Gasteiger partial charge on any atom is -0.362 e. The third-order valence-corrected chi connectivity index (χ3v) is 2.96. The first-order valence-electron chi connectivity index (χ1n) is 5.12. The van der Waals surface area contributed by atoms with Gasteiger partial charge in [0.15, 0.2) is 0 Å². The second-order valence-corrected chi connectivity index (χ2v) is 4.60. The molecule has 0 radical (unpaired) electrons. The quantitative estimate of drug-likeness (QED) is 0.560. The monoisotopic (exact) mass is 277 g/mol. The topological polar surface area (TPSA) is 46.6 Å². The van der Waals surface area contributed by atoms with Gasteiger partial charge in [0.25, 0.3) is 11.8 Å². The van der Waals surface area contributed by atoms with E-state index < -0.39 is 0 Å². The number of halogens is 1. The lowest BCUT2D eigenvalue weighted by molar-refractivity contribution is -0.158. The Kier molecular flexibility index (Phi) is 5.25. The standard InChI is InChI=1S/C10H16BrNO3/c1-8(2-4-11)3-5-12-9(13)6-15-7-10(12)14/h8H,2-7H2,1H3. The first-order valence-corrected chi connectivity index (χ1v) is 6.24. The zero-order valence-corrected chi connectivity index (χ0v) is 10.5. The van der Waals surface area contributed by atoms with Crippen LogP contribution in [0.2, 0.25) is 0 Å². The van der Waals surface area contributed by atoms with Gasteiger partial charge in [0.05, 0.1) is 0 Å². The van der Waals surface area contributed by atoms with Crippen molar-refractivity contribution in [2.24, 2.45) is 5.92 Å². The second-order valence-electron chi connectivity index (χ2n) is 3.80. The third kappa shape index (κ3) is 3.91. The first kappa shape index (κ1) is 12.6. The molecule has 5 heteroatoms. The highest BCUT2D eigenvalue weighted by atomic mass is 79.9. The zero-order chi connectivity index (χ0) is 11.3. The summed E-state index contributed by atoms with van der Waals surface area (Å²) in [6, 6.07) is 0. The number of hydrogen-bond donors (Lipinski definition) is 0. The molecule has 1 heterocycles. The van der Waals surface area contributed by atoms with Crippen LogP contribution in [0.3, 0.4) is 0 Å². The summed E-state index contributed by atoms with van der Waals surface area (Å²) in [5, 5.41) is 0.958. The van der Waals surface area contributed by atoms with E-state index in [1.807, 2.05) is 0 Å². The predicted octanol–water partition coefficient (Wildman–Crippen LogP) is 1.18. The molecule has 0 aromatic carbocycles. The van der Waals surface area contributed by atoms with Gasteiger partial charge in [-0.3, -0.25) is 14.5 Å². The van der Waals surface area contributed by atoms with Crippen molar-refractivity contribution in [3.63, 3.8) is 0 Å². The number of alkyl halides is 1. The molecule has 1 atom stereocenters. The molecule has 1 rings (SSSR count). The first-order chi connectivity index (χ1) is 7.15. The van der Waals surface area contributed by atoms with E-state index in [-0.39, 0.29) is 25.0 Å². The van der Waals surface area contributed by atoms with Crippen LogP contribution >= 0.6 is 15.9 Å². The van der Waals surface area contributed by atoms with E-state index in [2.05, 4.69) is 22.9 Å². The highest BCUT2D eigenvalue weighted by Gasteiger charge is 2.26. The van der Waals surface area contributed by atoms with Crippen LogP contribution in [0.1, 0.15) is 19.8 Å². The van der Waals surface area contributed by atoms with Gasteiger partial charge in [0, 0.05) is 11.9 Å². The van der Waals surface area contributed by atoms with Gasteiger partial charge in [0.2, 0.25) is 0 Å². The van der Waals surface area contributed by atoms with Crippen LogP contribution in [0.25, 0.3) is 0 Å². The van der Waals surface area contributed by atoms with Gasteiger partial charge in [-0.15, -0.1) is 0 Å². The Morgan fingerprint density at radius 1 is 1.33 bits per heavy atom. The summed E-state index contributed by atoms with van der Waals surface area (Å²) in [6.45, 7) is 2.73. The number of amides is 2. The minimum absolute atomic E-state index is 0.0402. The average molecular weight is 278 g/mol. The minimum atomic E-state index is -0.211. The molecule has 86 valence electrons. The third-order valence-electron chi connectivity index (χ3n) is 2.50. The fourth-order valence-corrected chi connectivity index (χ4v) is 2.23. The Labute approximate surface area is 98.1 Å². The highest BCUT2D eigenvalue weighted by molar-refractivity contribution is 9.09. The molecule has 1 aliphatic heterocycles. The van der Waals surface area contributed by atoms with Crippen molar-refractivity contribution in [1.82, 2.24) is 4.90 Å². The van der Waals surface area contributed by atoms with Crippen LogP contribution in [-0.4, -0.2) is 41.8 Å². The summed E-state index contributed by atoms with van der Waals surface area (Å²) in [6.07, 6.45) is 1.93. The highest BCUT2D eigenvalue weighted by Crippen LogP contribution is 2.11. The van der Waals surface area contributed by atoms with Crippen molar-refractivity contribution < 1.29 is 14.3 Å². The zero-order valence-electron chi connectivity index (χ0n) is 8.87. The lowest BCUT2D eigenvalue weighted by Crippen LogP contribution is -2.46. The number of carbonyl (C=O) groups is 2. The van der Waals surface area contributed by atoms with Crippen molar-refractivity contribution in [2.75, 3.05) is 25.1 Å². The molecule has 15 heavy (non-hydrogen) atoms. The van der Waals surface area contributed by atoms with Crippen LogP contribution in [0.15, 0.2) is 0 Å². The van der Waals surface area contributed by atoms with Crippen LogP contribution in [0.5, 0.6) is 0 Å². The van der Waals surface area contributed by atoms with Crippen molar-refractivity contribution in [1.29, 1.82) is 0 Å². The maximum Gasteiger partial charge on any atom is 0.255 e. The summed E-state index contributed by atoms with van der Waals surface area (Å²) in [5.74, 6) is 0.0994. The molecular formula is C10H16BrNO3. The summed E-state index contributed by atoms with van der Waals surface area (Å²) in [5.41, 5.74) is 0. The van der Waals surface area contributed by atoms with Crippen molar-refractivity contribution in [3.05, 3.63) is 0 Å². The van der Waals surface area contributed by atoms with E-state index in [1.165, 1.54) is 4.90 Å². The maximum absolute atomic E-state index is 11.3. The number of morpholine rings is 1. The Hall–Kier alpha value is -0.420. The summed E-state index contributed by atoms with van der Waals surface area (Å²) in [7, 11) is 0. The van der Waals surface area contributed by atoms with E-state index in [4.69, 9.17) is 4.74 Å². The number of imide groups is 1. The van der Waals surface area contributed by atoms with Gasteiger partial charge < -0.3 is 4.74 Å². The number of rotatable bonds is 5. The molecule has 1 fully saturated rings. The molecule has 0 aliphatic carbocycles. The Balaban J connectivity index is 2.35. The SMILES string of the molecule is CC(CCBr)CCN1C(=O)COCC1=O. The van der Waals surface area contributed by atoms with Crippen molar-refractivity contribution in [3.8, 4) is 0 Å². The fourth-order valence-electron chi connectivity index (χ4n) is 1.45. The Morgan fingerprint density at radius 3 is 2.47 bits per heavy atom. The van der Waals surface area contributed by atoms with E-state index >= 15 is 0 Å². The molecule has 0 bridgehead atoms. The van der Waals surface area contributed by atoms with Gasteiger partial charge in [-0.2, -0.15) is 0 Å². The lowest BCUT2D eigenvalue weighted by Gasteiger charge is -2.25. The second kappa shape index (κ2) is 6.23. The van der Waals surface area contributed by atoms with Gasteiger partial charge in [0.1, 0.15) is 13.2 Å². The molecule has 2 amide bonds. The summed E-state index contributed by atoms with van der Waals surface area (Å²) in [4.78, 5) is 24.0. The van der Waals surface area contributed by atoms with Gasteiger partial charge in [-0.05, 0) is 18.8 Å². The number of carbonyl (C=O) groups excluding carboxylic acids is 2. The van der Waals surface area contributed by atoms with Gasteiger partial charge in [-0.1, -0.05) is 22.9 Å². The van der Waals surface area contributed by atoms with E-state index in [1.54, 1.807) is 0 Å². The fraction of sp³-hybridized carbons (Fsp3) is 0.800. The van der Waals surface area contributed by atoms with Crippen LogP contribution in [-0.2, 0) is 14.3 Å². The maximum atomic E-state index is 11.3. The number of nitrogens with zero attached hydrogens (tertiary/aromatic N) is 1. The predicted molar refractivity (Wildman–Crippen MR) is 59.7 cm³/mol. The molecule has 4 nitrogen and oxygen atoms in total. The van der Waals surface area contributed by atoms with Gasteiger partial charge >= 0.3 is 0 Å². The molecule has 1 aliphatic rings. The summed E-state index contributed by atoms with van der Waals surface area (Å²) < 4.78 is 4.83. The molecule has 0 spiro atoms. The van der Waals surface area contributed by atoms with E-state index in [9.17, 15) is 9.59 Å². The van der Waals surface area contributed by atoms with E-state index in [0.29, 0.717) is 12.5 Å². The molecule has 0 N–H and O–H groups in total. The molecule has 0 aromatic rings. The van der Waals surface area contributed by atoms with Crippen LogP contribution in [0.4, 0.5) is 0 Å². The molecule has 1 saturated heterocycles. The van der Waals surface area contributed by atoms with Crippen LogP contribution in [0, 0.1) is 5.92 Å². The van der Waals surface area contributed by atoms with E-state index in [0.717, 1.165) is 18.2 Å². The van der Waals surface area contributed by atoms with Crippen molar-refractivity contribution in [2.45, 2.75) is 19.8 Å². The molecule has 1 unspecified atom stereocenters. The summed E-state index contributed by atoms with van der Waals surface area (Å²) >= 11 is 3.37. The smallest absolute Gasteiger partial charge is 0.255 e. The Bertz CT molecular complexity index is 229. The molecule has 0 aromatic heterocycles.